The van der Waals surface area contributed by atoms with Crippen molar-refractivity contribution in [1.82, 2.24) is 5.32 Å². The molecule has 6 nitrogen and oxygen atoms in total. The quantitative estimate of drug-likeness (QED) is 0.831. The van der Waals surface area contributed by atoms with Crippen LogP contribution in [-0.4, -0.2) is 33.3 Å². The van der Waals surface area contributed by atoms with Crippen molar-refractivity contribution in [1.29, 1.82) is 0 Å². The molecule has 2 atom stereocenters. The Hall–Kier alpha value is -1.95. The molecule has 1 saturated carbocycles. The lowest BCUT2D eigenvalue weighted by Gasteiger charge is -2.17. The third-order valence-electron chi connectivity index (χ3n) is 4.10. The standard InChI is InChI=1S/C16H24N2O4/c1-20-13-7-10(8-14(21-2)15(13)22-3)9-18-16(19)11-5-4-6-12(11)17/h7-8,11-12H,4-6,9,17H2,1-3H3,(H,18,19). The third-order valence-corrected chi connectivity index (χ3v) is 4.10. The number of carbonyl (C=O) groups excluding carboxylic acids is 1. The molecule has 0 bridgehead atoms. The largest absolute Gasteiger partial charge is 0.493 e. The normalized spacial score (nSPS) is 20.5. The van der Waals surface area contributed by atoms with Crippen molar-refractivity contribution in [3.63, 3.8) is 0 Å². The molecule has 6 heteroatoms. The maximum Gasteiger partial charge on any atom is 0.224 e. The summed E-state index contributed by atoms with van der Waals surface area (Å²) in [6, 6.07) is 3.63. The first-order valence-corrected chi connectivity index (χ1v) is 7.42. The summed E-state index contributed by atoms with van der Waals surface area (Å²) in [5, 5.41) is 2.94. The number of rotatable bonds is 6. The number of benzene rings is 1. The van der Waals surface area contributed by atoms with E-state index in [9.17, 15) is 4.79 Å². The van der Waals surface area contributed by atoms with Gasteiger partial charge in [-0.3, -0.25) is 4.79 Å². The van der Waals surface area contributed by atoms with E-state index in [1.165, 1.54) is 0 Å². The number of methoxy groups -OCH3 is 3. The fraction of sp³-hybridized carbons (Fsp3) is 0.562. The highest BCUT2D eigenvalue weighted by atomic mass is 16.5. The van der Waals surface area contributed by atoms with Gasteiger partial charge in [0.05, 0.1) is 27.2 Å². The average molecular weight is 308 g/mol. The molecular formula is C16H24N2O4. The summed E-state index contributed by atoms with van der Waals surface area (Å²) in [5.41, 5.74) is 6.84. The summed E-state index contributed by atoms with van der Waals surface area (Å²) >= 11 is 0. The van der Waals surface area contributed by atoms with E-state index in [-0.39, 0.29) is 17.9 Å². The lowest BCUT2D eigenvalue weighted by Crippen LogP contribution is -2.38. The van der Waals surface area contributed by atoms with Gasteiger partial charge in [-0.1, -0.05) is 6.42 Å². The third kappa shape index (κ3) is 3.44. The molecule has 3 N–H and O–H groups in total. The van der Waals surface area contributed by atoms with Gasteiger partial charge in [-0.05, 0) is 30.5 Å². The maximum absolute atomic E-state index is 12.2. The van der Waals surface area contributed by atoms with Gasteiger partial charge in [0.2, 0.25) is 11.7 Å². The number of nitrogens with two attached hydrogens (primary N) is 1. The fourth-order valence-corrected chi connectivity index (χ4v) is 2.87. The van der Waals surface area contributed by atoms with Crippen LogP contribution in [0.4, 0.5) is 0 Å². The van der Waals surface area contributed by atoms with E-state index in [1.54, 1.807) is 21.3 Å². The van der Waals surface area contributed by atoms with Gasteiger partial charge in [-0.15, -0.1) is 0 Å². The second-order valence-electron chi connectivity index (χ2n) is 5.45. The first-order valence-electron chi connectivity index (χ1n) is 7.42. The van der Waals surface area contributed by atoms with Crippen molar-refractivity contribution in [2.24, 2.45) is 11.7 Å². The van der Waals surface area contributed by atoms with Gasteiger partial charge in [0.1, 0.15) is 0 Å². The molecule has 1 aromatic rings. The number of carbonyl (C=O) groups is 1. The highest BCUT2D eigenvalue weighted by Crippen LogP contribution is 2.38. The van der Waals surface area contributed by atoms with Crippen LogP contribution in [0.3, 0.4) is 0 Å². The SMILES string of the molecule is COc1cc(CNC(=O)C2CCCC2N)cc(OC)c1OC. The van der Waals surface area contributed by atoms with E-state index in [4.69, 9.17) is 19.9 Å². The van der Waals surface area contributed by atoms with Crippen molar-refractivity contribution in [3.05, 3.63) is 17.7 Å². The van der Waals surface area contributed by atoms with E-state index in [1.807, 2.05) is 12.1 Å². The molecule has 1 fully saturated rings. The van der Waals surface area contributed by atoms with Crippen LogP contribution in [0.1, 0.15) is 24.8 Å². The molecule has 22 heavy (non-hydrogen) atoms. The smallest absolute Gasteiger partial charge is 0.224 e. The predicted molar refractivity (Wildman–Crippen MR) is 83.3 cm³/mol. The topological polar surface area (TPSA) is 82.8 Å². The Kier molecular flexibility index (Phi) is 5.49. The molecule has 1 aromatic carbocycles. The Balaban J connectivity index is 2.08. The number of hydrogen-bond acceptors (Lipinski definition) is 5. The molecule has 122 valence electrons. The molecule has 0 aromatic heterocycles. The lowest BCUT2D eigenvalue weighted by molar-refractivity contribution is -0.125. The average Bonchev–Trinajstić information content (AvgIpc) is 2.97. The van der Waals surface area contributed by atoms with Crippen LogP contribution in [0.25, 0.3) is 0 Å². The molecule has 1 amide bonds. The van der Waals surface area contributed by atoms with Gasteiger partial charge >= 0.3 is 0 Å². The lowest BCUT2D eigenvalue weighted by atomic mass is 10.0. The van der Waals surface area contributed by atoms with Crippen molar-refractivity contribution in [2.75, 3.05) is 21.3 Å². The number of amides is 1. The molecule has 1 aliphatic carbocycles. The Bertz CT molecular complexity index is 508. The van der Waals surface area contributed by atoms with Gasteiger partial charge in [0, 0.05) is 12.6 Å². The van der Waals surface area contributed by atoms with Crippen LogP contribution < -0.4 is 25.3 Å². The van der Waals surface area contributed by atoms with E-state index >= 15 is 0 Å². The minimum Gasteiger partial charge on any atom is -0.493 e. The van der Waals surface area contributed by atoms with Gasteiger partial charge < -0.3 is 25.3 Å². The van der Waals surface area contributed by atoms with Crippen molar-refractivity contribution in [3.8, 4) is 17.2 Å². The highest BCUT2D eigenvalue weighted by Gasteiger charge is 2.30. The predicted octanol–water partition coefficient (Wildman–Crippen LogP) is 1.46. The minimum atomic E-state index is -0.0814. The molecule has 1 aliphatic rings. The minimum absolute atomic E-state index is 0.0127. The van der Waals surface area contributed by atoms with Crippen LogP contribution in [0, 0.1) is 5.92 Å². The monoisotopic (exact) mass is 308 g/mol. The summed E-state index contributed by atoms with van der Waals surface area (Å²) in [7, 11) is 4.69. The van der Waals surface area contributed by atoms with E-state index in [0.29, 0.717) is 23.8 Å². The summed E-state index contributed by atoms with van der Waals surface area (Å²) < 4.78 is 15.9. The molecule has 0 aliphatic heterocycles. The Morgan fingerprint density at radius 3 is 2.27 bits per heavy atom. The van der Waals surface area contributed by atoms with Crippen LogP contribution in [0.5, 0.6) is 17.2 Å². The van der Waals surface area contributed by atoms with Crippen LogP contribution >= 0.6 is 0 Å². The van der Waals surface area contributed by atoms with Gasteiger partial charge in [-0.2, -0.15) is 0 Å². The summed E-state index contributed by atoms with van der Waals surface area (Å²) in [5.74, 6) is 1.62. The van der Waals surface area contributed by atoms with Crippen molar-refractivity contribution >= 4 is 5.91 Å². The van der Waals surface area contributed by atoms with Crippen molar-refractivity contribution < 1.29 is 19.0 Å². The molecular weight excluding hydrogens is 284 g/mol. The summed E-state index contributed by atoms with van der Waals surface area (Å²) in [4.78, 5) is 12.2. The van der Waals surface area contributed by atoms with Gasteiger partial charge in [0.25, 0.3) is 0 Å². The first kappa shape index (κ1) is 16.4. The summed E-state index contributed by atoms with van der Waals surface area (Å²) in [6.07, 6.45) is 2.80. The van der Waals surface area contributed by atoms with E-state index in [0.717, 1.165) is 24.8 Å². The molecule has 0 saturated heterocycles. The molecule has 0 radical (unpaired) electrons. The molecule has 2 rings (SSSR count). The number of ether oxygens (including phenoxy) is 3. The van der Waals surface area contributed by atoms with Gasteiger partial charge in [0.15, 0.2) is 11.5 Å². The molecule has 0 heterocycles. The van der Waals surface area contributed by atoms with Gasteiger partial charge in [-0.25, -0.2) is 0 Å². The van der Waals surface area contributed by atoms with E-state index in [2.05, 4.69) is 5.32 Å². The Labute approximate surface area is 130 Å². The molecule has 2 unspecified atom stereocenters. The zero-order valence-electron chi connectivity index (χ0n) is 13.3. The zero-order chi connectivity index (χ0) is 16.1. The Morgan fingerprint density at radius 1 is 1.18 bits per heavy atom. The summed E-state index contributed by atoms with van der Waals surface area (Å²) in [6.45, 7) is 0.402. The van der Waals surface area contributed by atoms with Crippen LogP contribution in [0.15, 0.2) is 12.1 Å². The van der Waals surface area contributed by atoms with Crippen LogP contribution in [-0.2, 0) is 11.3 Å². The second kappa shape index (κ2) is 7.35. The highest BCUT2D eigenvalue weighted by molar-refractivity contribution is 5.79. The molecule has 0 spiro atoms. The first-order chi connectivity index (χ1) is 10.6. The Morgan fingerprint density at radius 2 is 1.82 bits per heavy atom. The fourth-order valence-electron chi connectivity index (χ4n) is 2.87. The second-order valence-corrected chi connectivity index (χ2v) is 5.45. The van der Waals surface area contributed by atoms with Crippen LogP contribution in [0.2, 0.25) is 0 Å². The maximum atomic E-state index is 12.2. The zero-order valence-corrected chi connectivity index (χ0v) is 13.3. The number of hydrogen-bond donors (Lipinski definition) is 2. The van der Waals surface area contributed by atoms with E-state index < -0.39 is 0 Å². The van der Waals surface area contributed by atoms with Crippen molar-refractivity contribution in [2.45, 2.75) is 31.8 Å². The number of nitrogens with one attached hydrogen (secondary N) is 1.